The average Bonchev–Trinajstić information content (AvgIpc) is 2.63. The van der Waals surface area contributed by atoms with E-state index in [1.807, 2.05) is 0 Å². The molecule has 1 aliphatic heterocycles. The van der Waals surface area contributed by atoms with Crippen molar-refractivity contribution in [1.82, 2.24) is 4.90 Å². The number of benzene rings is 1. The van der Waals surface area contributed by atoms with Gasteiger partial charge in [-0.3, -0.25) is 0 Å². The highest BCUT2D eigenvalue weighted by Crippen LogP contribution is 2.27. The summed E-state index contributed by atoms with van der Waals surface area (Å²) in [5.74, 6) is 2.32. The van der Waals surface area contributed by atoms with Crippen molar-refractivity contribution in [3.8, 4) is 5.75 Å². The number of rotatable bonds is 3. The molecule has 1 aliphatic rings. The summed E-state index contributed by atoms with van der Waals surface area (Å²) in [5.41, 5.74) is 1.28. The van der Waals surface area contributed by atoms with Crippen LogP contribution in [-0.2, 0) is 0 Å². The maximum Gasteiger partial charge on any atom is 0.119 e. The van der Waals surface area contributed by atoms with Crippen LogP contribution in [0.4, 0.5) is 0 Å². The third-order valence-electron chi connectivity index (χ3n) is 3.66. The van der Waals surface area contributed by atoms with Gasteiger partial charge in [0.25, 0.3) is 0 Å². The van der Waals surface area contributed by atoms with Crippen molar-refractivity contribution in [2.24, 2.45) is 11.8 Å². The summed E-state index contributed by atoms with van der Waals surface area (Å²) in [6, 6.07) is 8.37. The van der Waals surface area contributed by atoms with E-state index in [1.54, 1.807) is 0 Å². The molecule has 0 aliphatic carbocycles. The SMILES string of the molecule is Cc1ccc(OC2CN(C)CC2C(C)C)cc1. The molecule has 0 bridgehead atoms. The molecule has 2 heteroatoms. The summed E-state index contributed by atoms with van der Waals surface area (Å²) in [4.78, 5) is 2.36. The number of aryl methyl sites for hydroxylation is 1. The molecule has 0 N–H and O–H groups in total. The lowest BCUT2D eigenvalue weighted by molar-refractivity contribution is 0.145. The molecule has 1 fully saturated rings. The van der Waals surface area contributed by atoms with Gasteiger partial charge in [0.1, 0.15) is 11.9 Å². The van der Waals surface area contributed by atoms with Crippen LogP contribution in [0.2, 0.25) is 0 Å². The van der Waals surface area contributed by atoms with Crippen LogP contribution in [0, 0.1) is 18.8 Å². The Bertz CT molecular complexity index is 358. The molecule has 0 radical (unpaired) electrons. The van der Waals surface area contributed by atoms with Gasteiger partial charge in [-0.2, -0.15) is 0 Å². The number of hydrogen-bond acceptors (Lipinski definition) is 2. The Morgan fingerprint density at radius 1 is 1.18 bits per heavy atom. The van der Waals surface area contributed by atoms with Gasteiger partial charge in [0.05, 0.1) is 0 Å². The maximum atomic E-state index is 6.13. The molecule has 0 saturated carbocycles. The summed E-state index contributed by atoms with van der Waals surface area (Å²) < 4.78 is 6.13. The second kappa shape index (κ2) is 5.09. The minimum absolute atomic E-state index is 0.336. The van der Waals surface area contributed by atoms with Crippen LogP contribution in [0.15, 0.2) is 24.3 Å². The van der Waals surface area contributed by atoms with Crippen molar-refractivity contribution in [3.63, 3.8) is 0 Å². The fourth-order valence-corrected chi connectivity index (χ4v) is 2.55. The van der Waals surface area contributed by atoms with Gasteiger partial charge in [0.15, 0.2) is 0 Å². The summed E-state index contributed by atoms with van der Waals surface area (Å²) >= 11 is 0. The number of nitrogens with zero attached hydrogens (tertiary/aromatic N) is 1. The van der Waals surface area contributed by atoms with E-state index in [0.717, 1.165) is 18.8 Å². The van der Waals surface area contributed by atoms with Crippen molar-refractivity contribution >= 4 is 0 Å². The van der Waals surface area contributed by atoms with Gasteiger partial charge in [-0.05, 0) is 32.0 Å². The van der Waals surface area contributed by atoms with Crippen molar-refractivity contribution in [2.75, 3.05) is 20.1 Å². The fourth-order valence-electron chi connectivity index (χ4n) is 2.55. The lowest BCUT2D eigenvalue weighted by atomic mass is 9.93. The van der Waals surface area contributed by atoms with Gasteiger partial charge in [-0.15, -0.1) is 0 Å². The first-order valence-corrected chi connectivity index (χ1v) is 6.48. The molecule has 1 heterocycles. The van der Waals surface area contributed by atoms with E-state index in [0.29, 0.717) is 17.9 Å². The van der Waals surface area contributed by atoms with Crippen LogP contribution in [-0.4, -0.2) is 31.1 Å². The molecular formula is C15H23NO. The molecule has 1 aromatic carbocycles. The Labute approximate surface area is 105 Å². The number of likely N-dealkylation sites (tertiary alicyclic amines) is 1. The van der Waals surface area contributed by atoms with E-state index in [9.17, 15) is 0 Å². The van der Waals surface area contributed by atoms with Crippen molar-refractivity contribution in [2.45, 2.75) is 26.9 Å². The lowest BCUT2D eigenvalue weighted by Crippen LogP contribution is -2.29. The van der Waals surface area contributed by atoms with Gasteiger partial charge in [0, 0.05) is 19.0 Å². The normalized spacial score (nSPS) is 25.5. The van der Waals surface area contributed by atoms with Gasteiger partial charge in [-0.1, -0.05) is 31.5 Å². The van der Waals surface area contributed by atoms with Crippen LogP contribution < -0.4 is 4.74 Å². The van der Waals surface area contributed by atoms with Crippen LogP contribution in [0.5, 0.6) is 5.75 Å². The maximum absolute atomic E-state index is 6.13. The minimum Gasteiger partial charge on any atom is -0.489 e. The zero-order valence-electron chi connectivity index (χ0n) is 11.3. The van der Waals surface area contributed by atoms with E-state index in [4.69, 9.17) is 4.74 Å². The molecule has 0 aromatic heterocycles. The standard InChI is InChI=1S/C15H23NO/c1-11(2)14-9-16(4)10-15(14)17-13-7-5-12(3)6-8-13/h5-8,11,14-15H,9-10H2,1-4H3. The summed E-state index contributed by atoms with van der Waals surface area (Å²) in [5, 5.41) is 0. The zero-order valence-corrected chi connectivity index (χ0v) is 11.3. The molecule has 0 amide bonds. The topological polar surface area (TPSA) is 12.5 Å². The molecule has 0 spiro atoms. The Morgan fingerprint density at radius 2 is 1.82 bits per heavy atom. The monoisotopic (exact) mass is 233 g/mol. The number of hydrogen-bond donors (Lipinski definition) is 0. The highest BCUT2D eigenvalue weighted by Gasteiger charge is 2.34. The quantitative estimate of drug-likeness (QED) is 0.796. The van der Waals surface area contributed by atoms with Crippen molar-refractivity contribution in [3.05, 3.63) is 29.8 Å². The Morgan fingerprint density at radius 3 is 2.41 bits per heavy atom. The van der Waals surface area contributed by atoms with Crippen molar-refractivity contribution in [1.29, 1.82) is 0 Å². The van der Waals surface area contributed by atoms with E-state index in [-0.39, 0.29) is 0 Å². The first-order chi connectivity index (χ1) is 8.06. The van der Waals surface area contributed by atoms with Crippen LogP contribution in [0.25, 0.3) is 0 Å². The first-order valence-electron chi connectivity index (χ1n) is 6.48. The fraction of sp³-hybridized carbons (Fsp3) is 0.600. The minimum atomic E-state index is 0.336. The van der Waals surface area contributed by atoms with Crippen LogP contribution in [0.3, 0.4) is 0 Å². The molecule has 1 aromatic rings. The average molecular weight is 233 g/mol. The molecule has 2 rings (SSSR count). The third kappa shape index (κ3) is 3.01. The van der Waals surface area contributed by atoms with Gasteiger partial charge >= 0.3 is 0 Å². The predicted molar refractivity (Wildman–Crippen MR) is 71.4 cm³/mol. The van der Waals surface area contributed by atoms with Gasteiger partial charge in [-0.25, -0.2) is 0 Å². The van der Waals surface area contributed by atoms with E-state index >= 15 is 0 Å². The Balaban J connectivity index is 2.04. The van der Waals surface area contributed by atoms with Crippen LogP contribution >= 0.6 is 0 Å². The van der Waals surface area contributed by atoms with E-state index in [2.05, 4.69) is 57.0 Å². The molecule has 2 atom stereocenters. The lowest BCUT2D eigenvalue weighted by Gasteiger charge is -2.23. The summed E-state index contributed by atoms with van der Waals surface area (Å²) in [6.45, 7) is 8.86. The summed E-state index contributed by atoms with van der Waals surface area (Å²) in [7, 11) is 2.17. The highest BCUT2D eigenvalue weighted by molar-refractivity contribution is 5.26. The Hall–Kier alpha value is -1.02. The van der Waals surface area contributed by atoms with E-state index in [1.165, 1.54) is 5.56 Å². The van der Waals surface area contributed by atoms with Crippen molar-refractivity contribution < 1.29 is 4.74 Å². The first kappa shape index (κ1) is 12.4. The second-order valence-corrected chi connectivity index (χ2v) is 5.60. The molecule has 2 nitrogen and oxygen atoms in total. The van der Waals surface area contributed by atoms with Gasteiger partial charge < -0.3 is 9.64 Å². The highest BCUT2D eigenvalue weighted by atomic mass is 16.5. The van der Waals surface area contributed by atoms with Gasteiger partial charge in [0.2, 0.25) is 0 Å². The molecule has 94 valence electrons. The largest absolute Gasteiger partial charge is 0.489 e. The summed E-state index contributed by atoms with van der Waals surface area (Å²) in [6.07, 6.45) is 0.336. The third-order valence-corrected chi connectivity index (χ3v) is 3.66. The molecule has 2 unspecified atom stereocenters. The predicted octanol–water partition coefficient (Wildman–Crippen LogP) is 2.96. The smallest absolute Gasteiger partial charge is 0.119 e. The van der Waals surface area contributed by atoms with Crippen LogP contribution in [0.1, 0.15) is 19.4 Å². The zero-order chi connectivity index (χ0) is 12.4. The second-order valence-electron chi connectivity index (χ2n) is 5.60. The van der Waals surface area contributed by atoms with E-state index < -0.39 is 0 Å². The number of ether oxygens (including phenoxy) is 1. The molecule has 17 heavy (non-hydrogen) atoms. The Kier molecular flexibility index (Phi) is 3.72. The number of likely N-dealkylation sites (N-methyl/N-ethyl adjacent to an activating group) is 1. The molecular weight excluding hydrogens is 210 g/mol. The molecule has 1 saturated heterocycles.